The van der Waals surface area contributed by atoms with Gasteiger partial charge in [-0.25, -0.2) is 0 Å². The van der Waals surface area contributed by atoms with Gasteiger partial charge in [-0.2, -0.15) is 0 Å². The maximum Gasteiger partial charge on any atom is 0.118 e. The minimum absolute atomic E-state index is 0.831. The van der Waals surface area contributed by atoms with E-state index in [0.717, 1.165) is 17.6 Å². The number of ether oxygens (including phenoxy) is 1. The molecule has 1 aromatic carbocycles. The van der Waals surface area contributed by atoms with Crippen LogP contribution in [0.15, 0.2) is 24.3 Å². The Morgan fingerprint density at radius 2 is 1.81 bits per heavy atom. The van der Waals surface area contributed by atoms with E-state index in [-0.39, 0.29) is 0 Å². The first-order chi connectivity index (χ1) is 7.49. The molecule has 1 nitrogen and oxygen atoms in total. The van der Waals surface area contributed by atoms with Crippen LogP contribution >= 0.6 is 0 Å². The van der Waals surface area contributed by atoms with Crippen molar-refractivity contribution < 1.29 is 4.74 Å². The lowest BCUT2D eigenvalue weighted by atomic mass is 10.1. The smallest absolute Gasteiger partial charge is 0.118 e. The summed E-state index contributed by atoms with van der Waals surface area (Å²) >= 11 is 0. The molecule has 0 spiro atoms. The summed E-state index contributed by atoms with van der Waals surface area (Å²) < 4.78 is 5.18. The zero-order chi connectivity index (χ0) is 11.8. The largest absolute Gasteiger partial charge is 0.497 e. The molecule has 88 valence electrons. The number of benzene rings is 1. The third-order valence-corrected chi connectivity index (χ3v) is 5.09. The molecule has 1 aromatic rings. The zero-order valence-electron chi connectivity index (χ0n) is 10.8. The molecule has 0 amide bonds. The van der Waals surface area contributed by atoms with Gasteiger partial charge in [0.2, 0.25) is 0 Å². The van der Waals surface area contributed by atoms with Crippen molar-refractivity contribution in [3.63, 3.8) is 0 Å². The molecule has 2 atom stereocenters. The van der Waals surface area contributed by atoms with Gasteiger partial charge in [0.1, 0.15) is 5.75 Å². The first kappa shape index (κ1) is 11.7. The topological polar surface area (TPSA) is 9.23 Å². The summed E-state index contributed by atoms with van der Waals surface area (Å²) in [5, 5.41) is 0. The molecule has 1 fully saturated rings. The van der Waals surface area contributed by atoms with Gasteiger partial charge >= 0.3 is 0 Å². The van der Waals surface area contributed by atoms with Gasteiger partial charge in [-0.05, 0) is 36.0 Å². The Labute approximate surface area is 99.8 Å². The number of methoxy groups -OCH3 is 1. The molecule has 0 saturated heterocycles. The Morgan fingerprint density at radius 3 is 2.31 bits per heavy atom. The first-order valence-corrected chi connectivity index (χ1v) is 9.84. The van der Waals surface area contributed by atoms with E-state index in [1.807, 2.05) is 0 Å². The fourth-order valence-electron chi connectivity index (χ4n) is 2.52. The monoisotopic (exact) mass is 234 g/mol. The van der Waals surface area contributed by atoms with Crippen LogP contribution < -0.4 is 4.74 Å². The lowest BCUT2D eigenvalue weighted by Crippen LogP contribution is -2.20. The highest BCUT2D eigenvalue weighted by atomic mass is 28.3. The SMILES string of the molecule is COc1ccc(C2CC2C[Si](C)(C)C)cc1. The Kier molecular flexibility index (Phi) is 3.11. The zero-order valence-corrected chi connectivity index (χ0v) is 11.8. The van der Waals surface area contributed by atoms with Crippen LogP contribution in [0.25, 0.3) is 0 Å². The molecular weight excluding hydrogens is 212 g/mol. The standard InChI is InChI=1S/C14H22OSi/c1-15-13-7-5-11(6-8-13)14-9-12(14)10-16(2,3)4/h5-8,12,14H,9-10H2,1-4H3. The Hall–Kier alpha value is -0.763. The van der Waals surface area contributed by atoms with Gasteiger partial charge in [-0.15, -0.1) is 0 Å². The molecule has 1 saturated carbocycles. The fourth-order valence-corrected chi connectivity index (χ4v) is 4.54. The molecule has 2 rings (SSSR count). The van der Waals surface area contributed by atoms with Gasteiger partial charge < -0.3 is 4.74 Å². The van der Waals surface area contributed by atoms with Crippen molar-refractivity contribution in [1.82, 2.24) is 0 Å². The molecule has 0 heterocycles. The van der Waals surface area contributed by atoms with Crippen LogP contribution in [0.3, 0.4) is 0 Å². The third-order valence-electron chi connectivity index (χ3n) is 3.34. The highest BCUT2D eigenvalue weighted by Gasteiger charge is 2.40. The Morgan fingerprint density at radius 1 is 1.19 bits per heavy atom. The molecule has 1 aliphatic rings. The van der Waals surface area contributed by atoms with Crippen molar-refractivity contribution >= 4 is 8.07 Å². The van der Waals surface area contributed by atoms with Crippen LogP contribution in [0, 0.1) is 5.92 Å². The van der Waals surface area contributed by atoms with Gasteiger partial charge in [-0.1, -0.05) is 37.8 Å². The molecule has 2 unspecified atom stereocenters. The lowest BCUT2D eigenvalue weighted by Gasteiger charge is -2.15. The molecule has 1 aliphatic carbocycles. The number of rotatable bonds is 4. The van der Waals surface area contributed by atoms with Crippen LogP contribution in [-0.4, -0.2) is 15.2 Å². The van der Waals surface area contributed by atoms with E-state index >= 15 is 0 Å². The molecular formula is C14H22OSi. The van der Waals surface area contributed by atoms with Crippen LogP contribution in [0.5, 0.6) is 5.75 Å². The average molecular weight is 234 g/mol. The van der Waals surface area contributed by atoms with Crippen LogP contribution in [0.2, 0.25) is 25.7 Å². The van der Waals surface area contributed by atoms with Gasteiger partial charge in [-0.3, -0.25) is 0 Å². The van der Waals surface area contributed by atoms with Crippen molar-refractivity contribution in [2.45, 2.75) is 38.0 Å². The molecule has 0 N–H and O–H groups in total. The van der Waals surface area contributed by atoms with E-state index in [1.54, 1.807) is 7.11 Å². The second-order valence-electron chi connectivity index (χ2n) is 6.14. The maximum atomic E-state index is 5.18. The van der Waals surface area contributed by atoms with Crippen molar-refractivity contribution in [2.75, 3.05) is 7.11 Å². The molecule has 16 heavy (non-hydrogen) atoms. The minimum atomic E-state index is -0.875. The summed E-state index contributed by atoms with van der Waals surface area (Å²) in [6.45, 7) is 7.41. The highest BCUT2D eigenvalue weighted by molar-refractivity contribution is 6.76. The summed E-state index contributed by atoms with van der Waals surface area (Å²) in [4.78, 5) is 0. The number of hydrogen-bond acceptors (Lipinski definition) is 1. The molecule has 0 bridgehead atoms. The summed E-state index contributed by atoms with van der Waals surface area (Å²) in [7, 11) is 0.847. The van der Waals surface area contributed by atoms with Crippen molar-refractivity contribution in [1.29, 1.82) is 0 Å². The predicted octanol–water partition coefficient (Wildman–Crippen LogP) is 4.14. The van der Waals surface area contributed by atoms with E-state index < -0.39 is 8.07 Å². The summed E-state index contributed by atoms with van der Waals surface area (Å²) in [6, 6.07) is 10.1. The lowest BCUT2D eigenvalue weighted by molar-refractivity contribution is 0.414. The summed E-state index contributed by atoms with van der Waals surface area (Å²) in [5.74, 6) is 2.75. The predicted molar refractivity (Wildman–Crippen MR) is 72.0 cm³/mol. The minimum Gasteiger partial charge on any atom is -0.497 e. The van der Waals surface area contributed by atoms with E-state index in [4.69, 9.17) is 4.74 Å². The van der Waals surface area contributed by atoms with Crippen molar-refractivity contribution in [2.24, 2.45) is 5.92 Å². The molecule has 0 radical (unpaired) electrons. The van der Waals surface area contributed by atoms with Crippen LogP contribution in [0.4, 0.5) is 0 Å². The second-order valence-corrected chi connectivity index (χ2v) is 11.7. The van der Waals surface area contributed by atoms with Crippen LogP contribution in [0.1, 0.15) is 17.9 Å². The Balaban J connectivity index is 1.95. The molecule has 0 aliphatic heterocycles. The van der Waals surface area contributed by atoms with Crippen molar-refractivity contribution in [3.8, 4) is 5.75 Å². The van der Waals surface area contributed by atoms with Crippen molar-refractivity contribution in [3.05, 3.63) is 29.8 Å². The van der Waals surface area contributed by atoms with E-state index in [1.165, 1.54) is 18.0 Å². The molecule has 2 heteroatoms. The van der Waals surface area contributed by atoms with Gasteiger partial charge in [0.25, 0.3) is 0 Å². The average Bonchev–Trinajstić information content (AvgIpc) is 2.95. The highest BCUT2D eigenvalue weighted by Crippen LogP contribution is 2.51. The van der Waals surface area contributed by atoms with Gasteiger partial charge in [0, 0.05) is 8.07 Å². The quantitative estimate of drug-likeness (QED) is 0.712. The fraction of sp³-hybridized carbons (Fsp3) is 0.571. The summed E-state index contributed by atoms with van der Waals surface area (Å²) in [5.41, 5.74) is 1.50. The normalized spacial score (nSPS) is 24.2. The summed E-state index contributed by atoms with van der Waals surface area (Å²) in [6.07, 6.45) is 1.40. The van der Waals surface area contributed by atoms with Gasteiger partial charge in [0.05, 0.1) is 7.11 Å². The van der Waals surface area contributed by atoms with Crippen LogP contribution in [-0.2, 0) is 0 Å². The van der Waals surface area contributed by atoms with E-state index in [2.05, 4.69) is 43.9 Å². The third kappa shape index (κ3) is 2.88. The van der Waals surface area contributed by atoms with E-state index in [9.17, 15) is 0 Å². The maximum absolute atomic E-state index is 5.18. The second kappa shape index (κ2) is 4.25. The Bertz CT molecular complexity index is 350. The number of hydrogen-bond donors (Lipinski definition) is 0. The first-order valence-electron chi connectivity index (χ1n) is 6.13. The van der Waals surface area contributed by atoms with E-state index in [0.29, 0.717) is 0 Å². The molecule has 0 aromatic heterocycles. The van der Waals surface area contributed by atoms with Gasteiger partial charge in [0.15, 0.2) is 0 Å².